The lowest BCUT2D eigenvalue weighted by atomic mass is 9.98. The van der Waals surface area contributed by atoms with Gasteiger partial charge in [0, 0.05) is 0 Å². The molecule has 2 bridgehead atoms. The lowest BCUT2D eigenvalue weighted by Crippen LogP contribution is -2.43. The van der Waals surface area contributed by atoms with Crippen LogP contribution in [0.1, 0.15) is 11.7 Å². The Morgan fingerprint density at radius 3 is 2.69 bits per heavy atom. The molecule has 4 heteroatoms. The fourth-order valence-corrected chi connectivity index (χ4v) is 2.47. The van der Waals surface area contributed by atoms with Crippen LogP contribution in [-0.4, -0.2) is 41.2 Å². The summed E-state index contributed by atoms with van der Waals surface area (Å²) >= 11 is 0. The molecule has 1 aromatic carbocycles. The van der Waals surface area contributed by atoms with Gasteiger partial charge in [-0.05, 0) is 5.56 Å². The number of aliphatic hydroxyl groups excluding tert-OH is 2. The van der Waals surface area contributed by atoms with Gasteiger partial charge in [0.05, 0.1) is 13.2 Å². The van der Waals surface area contributed by atoms with Gasteiger partial charge in [-0.1, -0.05) is 30.3 Å². The Labute approximate surface area is 93.4 Å². The van der Waals surface area contributed by atoms with E-state index in [1.807, 2.05) is 30.3 Å². The van der Waals surface area contributed by atoms with Crippen LogP contribution in [0.2, 0.25) is 0 Å². The molecule has 0 aliphatic carbocycles. The average Bonchev–Trinajstić information content (AvgIpc) is 2.82. The summed E-state index contributed by atoms with van der Waals surface area (Å²) in [7, 11) is 0. The molecule has 86 valence electrons. The number of hydrogen-bond donors (Lipinski definition) is 2. The van der Waals surface area contributed by atoms with E-state index in [1.165, 1.54) is 0 Å². The molecule has 3 rings (SSSR count). The van der Waals surface area contributed by atoms with Gasteiger partial charge in [0.1, 0.15) is 23.9 Å². The van der Waals surface area contributed by atoms with Gasteiger partial charge in [0.25, 0.3) is 0 Å². The summed E-state index contributed by atoms with van der Waals surface area (Å²) in [6.07, 6.45) is -1.39. The van der Waals surface area contributed by atoms with Crippen LogP contribution < -0.4 is 0 Å². The number of aliphatic hydroxyl groups is 2. The average molecular weight is 222 g/mol. The second-order valence-electron chi connectivity index (χ2n) is 4.39. The smallest absolute Gasteiger partial charge is 0.144 e. The van der Waals surface area contributed by atoms with E-state index in [0.717, 1.165) is 5.56 Å². The second-order valence-corrected chi connectivity index (χ2v) is 4.39. The molecule has 2 heterocycles. The summed E-state index contributed by atoms with van der Waals surface area (Å²) in [4.78, 5) is 0. The summed E-state index contributed by atoms with van der Waals surface area (Å²) < 4.78 is 11.3. The van der Waals surface area contributed by atoms with Crippen LogP contribution >= 0.6 is 0 Å². The summed E-state index contributed by atoms with van der Waals surface area (Å²) in [6.45, 7) is 0.0483. The third kappa shape index (κ3) is 1.25. The first kappa shape index (κ1) is 10.2. The Kier molecular flexibility index (Phi) is 2.26. The third-order valence-electron chi connectivity index (χ3n) is 3.43. The lowest BCUT2D eigenvalue weighted by molar-refractivity contribution is -0.163. The van der Waals surface area contributed by atoms with Crippen molar-refractivity contribution in [2.24, 2.45) is 0 Å². The van der Waals surface area contributed by atoms with Crippen molar-refractivity contribution in [3.05, 3.63) is 35.9 Å². The van der Waals surface area contributed by atoms with Crippen molar-refractivity contribution in [3.63, 3.8) is 0 Å². The fraction of sp³-hybridized carbons (Fsp3) is 0.500. The van der Waals surface area contributed by atoms with Gasteiger partial charge in [-0.2, -0.15) is 0 Å². The SMILES string of the molecule is OC[C@@]12CO[C@H]([C@H]1O)[C@H](c1ccccc1)O2. The minimum Gasteiger partial charge on any atom is -0.393 e. The van der Waals surface area contributed by atoms with Crippen molar-refractivity contribution >= 4 is 0 Å². The second kappa shape index (κ2) is 3.53. The molecule has 0 radical (unpaired) electrons. The van der Waals surface area contributed by atoms with Crippen molar-refractivity contribution in [2.75, 3.05) is 13.2 Å². The predicted molar refractivity (Wildman–Crippen MR) is 55.8 cm³/mol. The van der Waals surface area contributed by atoms with Crippen LogP contribution in [0.3, 0.4) is 0 Å². The Morgan fingerprint density at radius 1 is 1.31 bits per heavy atom. The number of benzene rings is 1. The summed E-state index contributed by atoms with van der Waals surface area (Å²) in [5.74, 6) is 0. The van der Waals surface area contributed by atoms with E-state index in [1.54, 1.807) is 0 Å². The van der Waals surface area contributed by atoms with Gasteiger partial charge in [-0.25, -0.2) is 0 Å². The molecule has 2 fully saturated rings. The summed E-state index contributed by atoms with van der Waals surface area (Å²) in [6, 6.07) is 9.64. The Balaban J connectivity index is 1.92. The maximum Gasteiger partial charge on any atom is 0.144 e. The van der Waals surface area contributed by atoms with E-state index in [2.05, 4.69) is 0 Å². The molecule has 4 atom stereocenters. The Bertz CT molecular complexity index is 380. The molecule has 0 spiro atoms. The first-order chi connectivity index (χ1) is 7.77. The van der Waals surface area contributed by atoms with Gasteiger partial charge in [0.15, 0.2) is 0 Å². The molecule has 2 aliphatic heterocycles. The predicted octanol–water partition coefficient (Wildman–Crippen LogP) is 0.249. The van der Waals surface area contributed by atoms with Gasteiger partial charge >= 0.3 is 0 Å². The number of hydrogen-bond acceptors (Lipinski definition) is 4. The monoisotopic (exact) mass is 222 g/mol. The summed E-state index contributed by atoms with van der Waals surface area (Å²) in [5.41, 5.74) is 0.0483. The van der Waals surface area contributed by atoms with Crippen LogP contribution in [0, 0.1) is 0 Å². The number of ether oxygens (including phenoxy) is 2. The Morgan fingerprint density at radius 2 is 2.06 bits per heavy atom. The first-order valence-electron chi connectivity index (χ1n) is 5.40. The highest BCUT2D eigenvalue weighted by molar-refractivity contribution is 5.23. The maximum atomic E-state index is 10.0. The molecule has 2 aliphatic rings. The zero-order valence-corrected chi connectivity index (χ0v) is 8.74. The van der Waals surface area contributed by atoms with E-state index in [9.17, 15) is 10.2 Å². The fourth-order valence-electron chi connectivity index (χ4n) is 2.47. The number of rotatable bonds is 2. The van der Waals surface area contributed by atoms with E-state index in [0.29, 0.717) is 0 Å². The minimum absolute atomic E-state index is 0.214. The maximum absolute atomic E-state index is 10.0. The molecule has 2 saturated heterocycles. The van der Waals surface area contributed by atoms with E-state index < -0.39 is 11.7 Å². The highest BCUT2D eigenvalue weighted by Gasteiger charge is 2.60. The molecule has 16 heavy (non-hydrogen) atoms. The van der Waals surface area contributed by atoms with Crippen LogP contribution in [0.5, 0.6) is 0 Å². The van der Waals surface area contributed by atoms with Crippen LogP contribution in [0.15, 0.2) is 30.3 Å². The zero-order valence-electron chi connectivity index (χ0n) is 8.74. The molecule has 2 N–H and O–H groups in total. The van der Waals surface area contributed by atoms with E-state index in [-0.39, 0.29) is 25.4 Å². The number of fused-ring (bicyclic) bond motifs is 2. The van der Waals surface area contributed by atoms with Gasteiger partial charge in [-0.3, -0.25) is 0 Å². The van der Waals surface area contributed by atoms with Gasteiger partial charge < -0.3 is 19.7 Å². The highest BCUT2D eigenvalue weighted by Crippen LogP contribution is 2.46. The topological polar surface area (TPSA) is 58.9 Å². The van der Waals surface area contributed by atoms with Crippen molar-refractivity contribution < 1.29 is 19.7 Å². The normalized spacial score (nSPS) is 41.5. The summed E-state index contributed by atoms with van der Waals surface area (Å²) in [5, 5.41) is 19.3. The minimum atomic E-state index is -0.925. The molecule has 1 aromatic rings. The van der Waals surface area contributed by atoms with Crippen molar-refractivity contribution in [1.82, 2.24) is 0 Å². The molecule has 0 aromatic heterocycles. The molecule has 0 amide bonds. The molecule has 0 unspecified atom stereocenters. The van der Waals surface area contributed by atoms with Crippen LogP contribution in [-0.2, 0) is 9.47 Å². The molecular weight excluding hydrogens is 208 g/mol. The van der Waals surface area contributed by atoms with Crippen LogP contribution in [0.25, 0.3) is 0 Å². The highest BCUT2D eigenvalue weighted by atomic mass is 16.6. The van der Waals surface area contributed by atoms with Gasteiger partial charge in [0.2, 0.25) is 0 Å². The molecular formula is C12H14O4. The van der Waals surface area contributed by atoms with Gasteiger partial charge in [-0.15, -0.1) is 0 Å². The zero-order chi connectivity index (χ0) is 11.2. The third-order valence-corrected chi connectivity index (χ3v) is 3.43. The molecule has 0 saturated carbocycles. The lowest BCUT2D eigenvalue weighted by Gasteiger charge is -2.29. The van der Waals surface area contributed by atoms with E-state index in [4.69, 9.17) is 9.47 Å². The quantitative estimate of drug-likeness (QED) is 0.753. The standard InChI is InChI=1S/C12H14O4/c13-6-12-7-15-10(11(12)14)9(16-12)8-4-2-1-3-5-8/h1-5,9-11,13-14H,6-7H2/t9-,10-,11+,12+/m0/s1. The van der Waals surface area contributed by atoms with Crippen molar-refractivity contribution in [3.8, 4) is 0 Å². The van der Waals surface area contributed by atoms with E-state index >= 15 is 0 Å². The van der Waals surface area contributed by atoms with Crippen LogP contribution in [0.4, 0.5) is 0 Å². The first-order valence-corrected chi connectivity index (χ1v) is 5.40. The van der Waals surface area contributed by atoms with Crippen molar-refractivity contribution in [2.45, 2.75) is 23.9 Å². The van der Waals surface area contributed by atoms with Crippen molar-refractivity contribution in [1.29, 1.82) is 0 Å². The largest absolute Gasteiger partial charge is 0.393 e. The molecule has 4 nitrogen and oxygen atoms in total. The Hall–Kier alpha value is -0.940.